The highest BCUT2D eigenvalue weighted by atomic mass is 16.3. The molecule has 0 fully saturated rings. The topological polar surface area (TPSA) is 83.8 Å². The molecule has 4 rings (SSSR count). The molecule has 2 aromatic carbocycles. The van der Waals surface area contributed by atoms with Gasteiger partial charge in [-0.15, -0.1) is 0 Å². The summed E-state index contributed by atoms with van der Waals surface area (Å²) in [7, 11) is 0. The fourth-order valence-corrected chi connectivity index (χ4v) is 2.42. The van der Waals surface area contributed by atoms with E-state index in [4.69, 9.17) is 4.42 Å². The fraction of sp³-hybridized carbons (Fsp3) is 0. The van der Waals surface area contributed by atoms with Gasteiger partial charge >= 0.3 is 0 Å². The second kappa shape index (κ2) is 5.42. The van der Waals surface area contributed by atoms with E-state index in [-0.39, 0.29) is 5.91 Å². The molecule has 112 valence electrons. The van der Waals surface area contributed by atoms with Gasteiger partial charge in [-0.1, -0.05) is 24.3 Å². The average Bonchev–Trinajstić information content (AvgIpc) is 3.25. The lowest BCUT2D eigenvalue weighted by Gasteiger charge is -2.05. The Balaban J connectivity index is 1.63. The first-order valence-electron chi connectivity index (χ1n) is 7.06. The van der Waals surface area contributed by atoms with Gasteiger partial charge in [0.15, 0.2) is 5.69 Å². The molecule has 0 radical (unpaired) electrons. The maximum Gasteiger partial charge on any atom is 0.276 e. The molecule has 23 heavy (non-hydrogen) atoms. The van der Waals surface area contributed by atoms with Crippen molar-refractivity contribution < 1.29 is 9.21 Å². The number of anilines is 1. The highest BCUT2D eigenvalue weighted by molar-refractivity contribution is 6.11. The number of aromatic amines is 1. The molecule has 6 heteroatoms. The Morgan fingerprint density at radius 2 is 2.04 bits per heavy atom. The Bertz CT molecular complexity index is 973. The molecular formula is C17H12N4O2. The van der Waals surface area contributed by atoms with Crippen molar-refractivity contribution in [2.24, 2.45) is 0 Å². The molecule has 1 amide bonds. The first kappa shape index (κ1) is 13.3. The molecule has 2 aromatic heterocycles. The van der Waals surface area contributed by atoms with Crippen LogP contribution in [0.2, 0.25) is 0 Å². The zero-order valence-electron chi connectivity index (χ0n) is 12.0. The van der Waals surface area contributed by atoms with Crippen molar-refractivity contribution in [2.45, 2.75) is 0 Å². The predicted molar refractivity (Wildman–Crippen MR) is 86.0 cm³/mol. The van der Waals surface area contributed by atoms with Crippen LogP contribution in [0.15, 0.2) is 65.4 Å². The van der Waals surface area contributed by atoms with Gasteiger partial charge in [-0.25, -0.2) is 4.98 Å². The minimum Gasteiger partial charge on any atom is -0.445 e. The Hall–Kier alpha value is -3.41. The quantitative estimate of drug-likeness (QED) is 0.607. The van der Waals surface area contributed by atoms with Gasteiger partial charge in [0.2, 0.25) is 5.89 Å². The van der Waals surface area contributed by atoms with Crippen LogP contribution < -0.4 is 5.32 Å². The highest BCUT2D eigenvalue weighted by Crippen LogP contribution is 2.22. The van der Waals surface area contributed by atoms with Crippen molar-refractivity contribution in [2.75, 3.05) is 5.32 Å². The fourth-order valence-electron chi connectivity index (χ4n) is 2.42. The minimum atomic E-state index is -0.271. The molecule has 2 heterocycles. The monoisotopic (exact) mass is 304 g/mol. The van der Waals surface area contributed by atoms with E-state index < -0.39 is 0 Å². The number of hydrogen-bond donors (Lipinski definition) is 2. The van der Waals surface area contributed by atoms with Crippen LogP contribution in [0.4, 0.5) is 5.69 Å². The SMILES string of the molecule is O=C(Nc1cccc(-c2ncco2)c1)c1n[nH]c2ccccc12. The molecule has 2 N–H and O–H groups in total. The molecule has 0 unspecified atom stereocenters. The lowest BCUT2D eigenvalue weighted by Crippen LogP contribution is -2.12. The van der Waals surface area contributed by atoms with Crippen LogP contribution >= 0.6 is 0 Å². The molecule has 4 aromatic rings. The van der Waals surface area contributed by atoms with Crippen LogP contribution in [0.25, 0.3) is 22.4 Å². The number of carbonyl (C=O) groups excluding carboxylic acids is 1. The number of carbonyl (C=O) groups is 1. The number of rotatable bonds is 3. The lowest BCUT2D eigenvalue weighted by molar-refractivity contribution is 0.102. The van der Waals surface area contributed by atoms with Gasteiger partial charge in [-0.05, 0) is 24.3 Å². The normalized spacial score (nSPS) is 10.8. The molecular weight excluding hydrogens is 292 g/mol. The minimum absolute atomic E-state index is 0.271. The number of H-pyrrole nitrogens is 1. The van der Waals surface area contributed by atoms with Gasteiger partial charge in [-0.3, -0.25) is 9.89 Å². The number of hydrogen-bond acceptors (Lipinski definition) is 4. The molecule has 0 aliphatic carbocycles. The average molecular weight is 304 g/mol. The summed E-state index contributed by atoms with van der Waals surface area (Å²) in [6, 6.07) is 14.8. The molecule has 0 aliphatic rings. The number of fused-ring (bicyclic) bond motifs is 1. The second-order valence-electron chi connectivity index (χ2n) is 4.99. The summed E-state index contributed by atoms with van der Waals surface area (Å²) < 4.78 is 5.27. The largest absolute Gasteiger partial charge is 0.445 e. The van der Waals surface area contributed by atoms with E-state index in [2.05, 4.69) is 20.5 Å². The van der Waals surface area contributed by atoms with Gasteiger partial charge in [0.25, 0.3) is 5.91 Å². The van der Waals surface area contributed by atoms with Gasteiger partial charge in [0, 0.05) is 16.6 Å². The summed E-state index contributed by atoms with van der Waals surface area (Å²) in [5, 5.41) is 10.6. The smallest absolute Gasteiger partial charge is 0.276 e. The Kier molecular flexibility index (Phi) is 3.12. The van der Waals surface area contributed by atoms with Crippen LogP contribution in [-0.4, -0.2) is 21.1 Å². The van der Waals surface area contributed by atoms with Crippen LogP contribution in [0.1, 0.15) is 10.5 Å². The number of nitrogens with one attached hydrogen (secondary N) is 2. The third-order valence-electron chi connectivity index (χ3n) is 3.49. The molecule has 0 atom stereocenters. The predicted octanol–water partition coefficient (Wildman–Crippen LogP) is 3.47. The summed E-state index contributed by atoms with van der Waals surface area (Å²) in [5.41, 5.74) is 2.63. The van der Waals surface area contributed by atoms with Crippen molar-refractivity contribution in [3.63, 3.8) is 0 Å². The zero-order valence-corrected chi connectivity index (χ0v) is 12.0. The molecule has 0 bridgehead atoms. The van der Waals surface area contributed by atoms with Crippen LogP contribution in [0.3, 0.4) is 0 Å². The Morgan fingerprint density at radius 3 is 2.91 bits per heavy atom. The number of benzene rings is 2. The van der Waals surface area contributed by atoms with E-state index in [9.17, 15) is 4.79 Å². The van der Waals surface area contributed by atoms with Crippen molar-refractivity contribution in [1.82, 2.24) is 15.2 Å². The van der Waals surface area contributed by atoms with Gasteiger partial charge < -0.3 is 9.73 Å². The van der Waals surface area contributed by atoms with E-state index in [0.717, 1.165) is 16.5 Å². The first-order valence-corrected chi connectivity index (χ1v) is 7.06. The van der Waals surface area contributed by atoms with Crippen molar-refractivity contribution in [3.05, 3.63) is 66.7 Å². The summed E-state index contributed by atoms with van der Waals surface area (Å²) in [6.07, 6.45) is 3.09. The molecule has 0 spiro atoms. The number of para-hydroxylation sites is 1. The number of nitrogens with zero attached hydrogens (tertiary/aromatic N) is 2. The van der Waals surface area contributed by atoms with Crippen LogP contribution in [0.5, 0.6) is 0 Å². The molecule has 6 nitrogen and oxygen atoms in total. The standard InChI is InChI=1S/C17H12N4O2/c22-16(15-13-6-1-2-7-14(13)20-21-15)19-12-5-3-4-11(10-12)17-18-8-9-23-17/h1-10H,(H,19,22)(H,20,21). The molecule has 0 saturated heterocycles. The van der Waals surface area contributed by atoms with E-state index in [1.807, 2.05) is 36.4 Å². The van der Waals surface area contributed by atoms with Crippen molar-refractivity contribution in [3.8, 4) is 11.5 Å². The third-order valence-corrected chi connectivity index (χ3v) is 3.49. The zero-order chi connectivity index (χ0) is 15.6. The number of aromatic nitrogens is 3. The van der Waals surface area contributed by atoms with Gasteiger partial charge in [0.1, 0.15) is 6.26 Å². The third kappa shape index (κ3) is 2.46. The van der Waals surface area contributed by atoms with E-state index in [0.29, 0.717) is 17.3 Å². The molecule has 0 saturated carbocycles. The maximum absolute atomic E-state index is 12.5. The summed E-state index contributed by atoms with van der Waals surface area (Å²) >= 11 is 0. The molecule has 0 aliphatic heterocycles. The summed E-state index contributed by atoms with van der Waals surface area (Å²) in [6.45, 7) is 0. The summed E-state index contributed by atoms with van der Waals surface area (Å²) in [5.74, 6) is 0.235. The van der Waals surface area contributed by atoms with Gasteiger partial charge in [-0.2, -0.15) is 5.10 Å². The second-order valence-corrected chi connectivity index (χ2v) is 4.99. The number of amides is 1. The van der Waals surface area contributed by atoms with E-state index >= 15 is 0 Å². The first-order chi connectivity index (χ1) is 11.3. The highest BCUT2D eigenvalue weighted by Gasteiger charge is 2.14. The Morgan fingerprint density at radius 1 is 1.13 bits per heavy atom. The van der Waals surface area contributed by atoms with E-state index in [1.165, 1.54) is 6.26 Å². The van der Waals surface area contributed by atoms with Crippen molar-refractivity contribution >= 4 is 22.5 Å². The van der Waals surface area contributed by atoms with Gasteiger partial charge in [0.05, 0.1) is 11.7 Å². The Labute approximate surface area is 131 Å². The lowest BCUT2D eigenvalue weighted by atomic mass is 10.2. The summed E-state index contributed by atoms with van der Waals surface area (Å²) in [4.78, 5) is 16.6. The van der Waals surface area contributed by atoms with Crippen LogP contribution in [-0.2, 0) is 0 Å². The van der Waals surface area contributed by atoms with E-state index in [1.54, 1.807) is 18.3 Å². The number of oxazole rings is 1. The van der Waals surface area contributed by atoms with Crippen molar-refractivity contribution in [1.29, 1.82) is 0 Å². The maximum atomic E-state index is 12.5. The van der Waals surface area contributed by atoms with Crippen LogP contribution in [0, 0.1) is 0 Å².